The first-order valence-electron chi connectivity index (χ1n) is 3.70. The zero-order chi connectivity index (χ0) is 8.55. The first-order valence-corrected chi connectivity index (χ1v) is 3.70. The number of nitrogens with zero attached hydrogens (tertiary/aromatic N) is 2. The molecule has 1 aromatic heterocycles. The van der Waals surface area contributed by atoms with Crippen LogP contribution >= 0.6 is 0 Å². The number of ether oxygens (including phenoxy) is 1. The minimum atomic E-state index is 0.293. The Hall–Kier alpha value is -1.65. The summed E-state index contributed by atoms with van der Waals surface area (Å²) in [5, 5.41) is 0. The molecule has 64 valence electrons. The topological polar surface area (TPSA) is 79.1 Å². The Morgan fingerprint density at radius 1 is 1.58 bits per heavy atom. The molecule has 0 spiro atoms. The fourth-order valence-electron chi connectivity index (χ4n) is 1.12. The Kier molecular flexibility index (Phi) is 1.43. The molecule has 0 fully saturated rings. The Morgan fingerprint density at radius 3 is 2.92 bits per heavy atom. The smallest absolute Gasteiger partial charge is 0.219 e. The van der Waals surface area contributed by atoms with Gasteiger partial charge in [0, 0.05) is 6.42 Å². The summed E-state index contributed by atoms with van der Waals surface area (Å²) < 4.78 is 6.56. The van der Waals surface area contributed by atoms with Gasteiger partial charge in [0.15, 0.2) is 0 Å². The number of imidazole rings is 1. The van der Waals surface area contributed by atoms with E-state index < -0.39 is 0 Å². The van der Waals surface area contributed by atoms with Crippen molar-refractivity contribution in [2.45, 2.75) is 6.42 Å². The highest BCUT2D eigenvalue weighted by atomic mass is 16.5. The molecule has 0 aliphatic carbocycles. The highest BCUT2D eigenvalue weighted by Crippen LogP contribution is 2.20. The molecule has 0 saturated carbocycles. The minimum Gasteiger partial charge on any atom is -0.491 e. The van der Waals surface area contributed by atoms with Crippen LogP contribution in [0.15, 0.2) is 12.3 Å². The van der Waals surface area contributed by atoms with Crippen LogP contribution in [0.25, 0.3) is 5.76 Å². The lowest BCUT2D eigenvalue weighted by molar-refractivity contribution is 0.306. The van der Waals surface area contributed by atoms with Gasteiger partial charge < -0.3 is 16.3 Å². The molecule has 0 atom stereocenters. The predicted octanol–water partition coefficient (Wildman–Crippen LogP) is -0.0597. The lowest BCUT2D eigenvalue weighted by Gasteiger charge is -1.96. The lowest BCUT2D eigenvalue weighted by atomic mass is 10.3. The second-order valence-electron chi connectivity index (χ2n) is 2.60. The van der Waals surface area contributed by atoms with Crippen LogP contribution in [0.1, 0.15) is 12.1 Å². The van der Waals surface area contributed by atoms with E-state index in [1.54, 1.807) is 6.20 Å². The summed E-state index contributed by atoms with van der Waals surface area (Å²) in [6.45, 7) is 0.715. The first-order chi connectivity index (χ1) is 5.77. The fraction of sp³-hybridized carbons (Fsp3) is 0.286. The van der Waals surface area contributed by atoms with Crippen LogP contribution < -0.4 is 11.6 Å². The maximum atomic E-state index is 5.45. The molecule has 1 aliphatic heterocycles. The normalized spacial score (nSPS) is 15.8. The lowest BCUT2D eigenvalue weighted by Crippen LogP contribution is -2.09. The SMILES string of the molecule is Nc1nc(C2=CCCO2)cn1N. The van der Waals surface area contributed by atoms with Crippen molar-refractivity contribution in [1.82, 2.24) is 9.66 Å². The summed E-state index contributed by atoms with van der Waals surface area (Å²) in [4.78, 5) is 4.01. The monoisotopic (exact) mass is 166 g/mol. The van der Waals surface area contributed by atoms with E-state index in [0.717, 1.165) is 12.2 Å². The highest BCUT2D eigenvalue weighted by Gasteiger charge is 2.12. The molecule has 4 N–H and O–H groups in total. The molecule has 0 bridgehead atoms. The molecule has 0 radical (unpaired) electrons. The van der Waals surface area contributed by atoms with E-state index >= 15 is 0 Å². The number of anilines is 1. The molecule has 2 rings (SSSR count). The standard InChI is InChI=1S/C7H10N4O/c8-7-10-5(4-11(7)9)6-2-1-3-12-6/h2,4H,1,3,9H2,(H2,8,10). The molecular weight excluding hydrogens is 156 g/mol. The average Bonchev–Trinajstić information content (AvgIpc) is 2.61. The molecule has 0 aromatic carbocycles. The Labute approximate surface area is 69.6 Å². The van der Waals surface area contributed by atoms with Gasteiger partial charge in [0.25, 0.3) is 0 Å². The van der Waals surface area contributed by atoms with E-state index in [4.69, 9.17) is 16.3 Å². The summed E-state index contributed by atoms with van der Waals surface area (Å²) in [6, 6.07) is 0. The van der Waals surface area contributed by atoms with E-state index in [1.807, 2.05) is 6.08 Å². The van der Waals surface area contributed by atoms with E-state index in [2.05, 4.69) is 4.98 Å². The molecule has 5 nitrogen and oxygen atoms in total. The van der Waals surface area contributed by atoms with Crippen LogP contribution in [0.4, 0.5) is 5.95 Å². The third-order valence-electron chi connectivity index (χ3n) is 1.72. The minimum absolute atomic E-state index is 0.293. The highest BCUT2D eigenvalue weighted by molar-refractivity contribution is 5.58. The van der Waals surface area contributed by atoms with Gasteiger partial charge in [-0.15, -0.1) is 0 Å². The van der Waals surface area contributed by atoms with Gasteiger partial charge >= 0.3 is 0 Å². The van der Waals surface area contributed by atoms with Crippen LogP contribution in [-0.2, 0) is 4.74 Å². The van der Waals surface area contributed by atoms with Crippen LogP contribution in [0, 0.1) is 0 Å². The number of hydrogen-bond donors (Lipinski definition) is 2. The number of hydrogen-bond acceptors (Lipinski definition) is 4. The zero-order valence-corrected chi connectivity index (χ0v) is 6.53. The second-order valence-corrected chi connectivity index (χ2v) is 2.60. The van der Waals surface area contributed by atoms with Crippen molar-refractivity contribution >= 4 is 11.7 Å². The molecule has 12 heavy (non-hydrogen) atoms. The van der Waals surface area contributed by atoms with Crippen LogP contribution in [0.3, 0.4) is 0 Å². The summed E-state index contributed by atoms with van der Waals surface area (Å²) in [6.07, 6.45) is 4.54. The van der Waals surface area contributed by atoms with Crippen LogP contribution in [0.2, 0.25) is 0 Å². The van der Waals surface area contributed by atoms with Crippen LogP contribution in [0.5, 0.6) is 0 Å². The van der Waals surface area contributed by atoms with Crippen molar-refractivity contribution in [2.75, 3.05) is 18.2 Å². The third-order valence-corrected chi connectivity index (χ3v) is 1.72. The molecule has 0 unspecified atom stereocenters. The van der Waals surface area contributed by atoms with Gasteiger partial charge in [0.05, 0.1) is 12.8 Å². The molecule has 5 heteroatoms. The molecule has 0 saturated heterocycles. The van der Waals surface area contributed by atoms with Gasteiger partial charge in [0.1, 0.15) is 11.5 Å². The Morgan fingerprint density at radius 2 is 2.42 bits per heavy atom. The summed E-state index contributed by atoms with van der Waals surface area (Å²) in [5.41, 5.74) is 6.15. The van der Waals surface area contributed by atoms with Gasteiger partial charge in [-0.3, -0.25) is 0 Å². The zero-order valence-electron chi connectivity index (χ0n) is 6.53. The number of rotatable bonds is 1. The van der Waals surface area contributed by atoms with Gasteiger partial charge in [-0.1, -0.05) is 0 Å². The second kappa shape index (κ2) is 2.44. The van der Waals surface area contributed by atoms with Crippen LogP contribution in [-0.4, -0.2) is 16.3 Å². The molecule has 1 aliphatic rings. The summed E-state index contributed by atoms with van der Waals surface area (Å²) >= 11 is 0. The Bertz CT molecular complexity index is 309. The van der Waals surface area contributed by atoms with Gasteiger partial charge in [0.2, 0.25) is 5.95 Å². The van der Waals surface area contributed by atoms with E-state index in [-0.39, 0.29) is 0 Å². The number of nitrogen functional groups attached to an aromatic ring is 2. The van der Waals surface area contributed by atoms with Crippen molar-refractivity contribution in [3.05, 3.63) is 18.0 Å². The van der Waals surface area contributed by atoms with E-state index in [0.29, 0.717) is 18.2 Å². The predicted molar refractivity (Wildman–Crippen MR) is 45.3 cm³/mol. The quantitative estimate of drug-likeness (QED) is 0.573. The molecule has 0 amide bonds. The van der Waals surface area contributed by atoms with Crippen molar-refractivity contribution < 1.29 is 4.74 Å². The maximum absolute atomic E-state index is 5.45. The molecule has 1 aromatic rings. The number of aromatic nitrogens is 2. The largest absolute Gasteiger partial charge is 0.491 e. The fourth-order valence-corrected chi connectivity index (χ4v) is 1.12. The van der Waals surface area contributed by atoms with Crippen molar-refractivity contribution in [3.63, 3.8) is 0 Å². The van der Waals surface area contributed by atoms with E-state index in [9.17, 15) is 0 Å². The molecular formula is C7H10N4O. The van der Waals surface area contributed by atoms with Crippen molar-refractivity contribution in [1.29, 1.82) is 0 Å². The number of nitrogens with two attached hydrogens (primary N) is 2. The summed E-state index contributed by atoms with van der Waals surface area (Å²) in [7, 11) is 0. The van der Waals surface area contributed by atoms with E-state index in [1.165, 1.54) is 4.68 Å². The van der Waals surface area contributed by atoms with Gasteiger partial charge in [-0.2, -0.15) is 0 Å². The average molecular weight is 166 g/mol. The van der Waals surface area contributed by atoms with Crippen molar-refractivity contribution in [3.8, 4) is 0 Å². The van der Waals surface area contributed by atoms with Crippen molar-refractivity contribution in [2.24, 2.45) is 0 Å². The summed E-state index contributed by atoms with van der Waals surface area (Å²) in [5.74, 6) is 6.52. The van der Waals surface area contributed by atoms with Gasteiger partial charge in [-0.25, -0.2) is 9.66 Å². The van der Waals surface area contributed by atoms with Gasteiger partial charge in [-0.05, 0) is 6.08 Å². The molecule has 2 heterocycles. The maximum Gasteiger partial charge on any atom is 0.219 e. The third kappa shape index (κ3) is 0.990. The Balaban J connectivity index is 2.34. The first kappa shape index (κ1) is 7.02.